The molecule has 9 heteroatoms. The zero-order valence-electron chi connectivity index (χ0n) is 17.6. The van der Waals surface area contributed by atoms with Gasteiger partial charge in [-0.25, -0.2) is 8.42 Å². The lowest BCUT2D eigenvalue weighted by atomic mass is 10.0. The fourth-order valence-corrected chi connectivity index (χ4v) is 6.62. The molecule has 2 aromatic heterocycles. The van der Waals surface area contributed by atoms with Gasteiger partial charge in [0.05, 0.1) is 4.90 Å². The van der Waals surface area contributed by atoms with E-state index in [1.165, 1.54) is 11.3 Å². The molecule has 0 unspecified atom stereocenters. The van der Waals surface area contributed by atoms with Gasteiger partial charge in [-0.2, -0.15) is 4.31 Å². The molecule has 158 valence electrons. The van der Waals surface area contributed by atoms with Crippen LogP contribution in [0, 0.1) is 27.7 Å². The van der Waals surface area contributed by atoms with Gasteiger partial charge in [-0.05, 0) is 62.1 Å². The van der Waals surface area contributed by atoms with E-state index < -0.39 is 10.0 Å². The summed E-state index contributed by atoms with van der Waals surface area (Å²) < 4.78 is 28.5. The fourth-order valence-electron chi connectivity index (χ4n) is 3.75. The van der Waals surface area contributed by atoms with Crippen molar-refractivity contribution in [2.45, 2.75) is 32.6 Å². The molecular weight excluding hydrogens is 418 g/mol. The third-order valence-corrected chi connectivity index (χ3v) is 8.88. The van der Waals surface area contributed by atoms with Gasteiger partial charge in [0.2, 0.25) is 15.2 Å². The molecule has 4 rings (SSSR count). The second kappa shape index (κ2) is 8.05. The maximum absolute atomic E-state index is 13.4. The minimum Gasteiger partial charge on any atom is -0.344 e. The lowest BCUT2D eigenvalue weighted by Gasteiger charge is -2.34. The highest BCUT2D eigenvalue weighted by Gasteiger charge is 2.32. The second-order valence-corrected chi connectivity index (χ2v) is 10.4. The van der Waals surface area contributed by atoms with Gasteiger partial charge in [-0.15, -0.1) is 10.2 Å². The third-order valence-electron chi connectivity index (χ3n) is 5.70. The highest BCUT2D eigenvalue weighted by atomic mass is 32.2. The Labute approximate surface area is 181 Å². The average Bonchev–Trinajstić information content (AvgIpc) is 3.23. The van der Waals surface area contributed by atoms with Gasteiger partial charge in [0.15, 0.2) is 5.01 Å². The van der Waals surface area contributed by atoms with Crippen LogP contribution >= 0.6 is 11.3 Å². The zero-order chi connectivity index (χ0) is 21.5. The van der Waals surface area contributed by atoms with Gasteiger partial charge in [0.1, 0.15) is 5.69 Å². The molecule has 7 nitrogen and oxygen atoms in total. The molecule has 3 aromatic rings. The van der Waals surface area contributed by atoms with Crippen molar-refractivity contribution in [3.05, 3.63) is 52.7 Å². The van der Waals surface area contributed by atoms with Crippen LogP contribution in [0.4, 0.5) is 5.13 Å². The standard InChI is InChI=1S/C21H25N5O2S2/c1-14-13-15(2)17(4)19(16(14)3)30(27,28)26-11-9-25(10-12-26)21-24-23-20(29-21)18-7-5-6-8-22-18/h5-8,13H,9-12H2,1-4H3. The van der Waals surface area contributed by atoms with Crippen LogP contribution in [0.2, 0.25) is 0 Å². The summed E-state index contributed by atoms with van der Waals surface area (Å²) in [6.45, 7) is 9.73. The van der Waals surface area contributed by atoms with E-state index >= 15 is 0 Å². The number of pyridine rings is 1. The normalized spacial score (nSPS) is 15.5. The van der Waals surface area contributed by atoms with E-state index in [9.17, 15) is 8.42 Å². The Balaban J connectivity index is 1.52. The van der Waals surface area contributed by atoms with E-state index in [-0.39, 0.29) is 0 Å². The number of nitrogens with zero attached hydrogens (tertiary/aromatic N) is 5. The molecule has 0 spiro atoms. The minimum absolute atomic E-state index is 0.423. The Morgan fingerprint density at radius 2 is 1.60 bits per heavy atom. The summed E-state index contributed by atoms with van der Waals surface area (Å²) in [7, 11) is -3.55. The predicted molar refractivity (Wildman–Crippen MR) is 120 cm³/mol. The summed E-state index contributed by atoms with van der Waals surface area (Å²) in [5, 5.41) is 10.1. The first-order valence-corrected chi connectivity index (χ1v) is 12.1. The molecule has 0 bridgehead atoms. The first-order valence-electron chi connectivity index (χ1n) is 9.86. The van der Waals surface area contributed by atoms with Crippen LogP contribution in [0.25, 0.3) is 10.7 Å². The van der Waals surface area contributed by atoms with Crippen molar-refractivity contribution in [3.63, 3.8) is 0 Å². The minimum atomic E-state index is -3.55. The summed E-state index contributed by atoms with van der Waals surface area (Å²) in [5.41, 5.74) is 4.48. The number of aromatic nitrogens is 3. The van der Waals surface area contributed by atoms with E-state index in [2.05, 4.69) is 26.1 Å². The molecule has 1 fully saturated rings. The van der Waals surface area contributed by atoms with E-state index in [0.717, 1.165) is 38.1 Å². The van der Waals surface area contributed by atoms with Gasteiger partial charge in [-0.1, -0.05) is 23.5 Å². The molecule has 1 saturated heterocycles. The van der Waals surface area contributed by atoms with E-state index in [4.69, 9.17) is 0 Å². The monoisotopic (exact) mass is 443 g/mol. The van der Waals surface area contributed by atoms with Crippen molar-refractivity contribution in [1.82, 2.24) is 19.5 Å². The van der Waals surface area contributed by atoms with Crippen LogP contribution < -0.4 is 4.90 Å². The fraction of sp³-hybridized carbons (Fsp3) is 0.381. The van der Waals surface area contributed by atoms with Crippen LogP contribution in [0.15, 0.2) is 35.4 Å². The van der Waals surface area contributed by atoms with Crippen molar-refractivity contribution in [2.75, 3.05) is 31.1 Å². The molecule has 1 aromatic carbocycles. The molecule has 0 saturated carbocycles. The topological polar surface area (TPSA) is 79.3 Å². The lowest BCUT2D eigenvalue weighted by molar-refractivity contribution is 0.384. The summed E-state index contributed by atoms with van der Waals surface area (Å²) >= 11 is 1.48. The van der Waals surface area contributed by atoms with Crippen LogP contribution in [-0.2, 0) is 10.0 Å². The predicted octanol–water partition coefficient (Wildman–Crippen LogP) is 3.34. The number of rotatable bonds is 4. The second-order valence-electron chi connectivity index (χ2n) is 7.59. The molecule has 0 N–H and O–H groups in total. The molecule has 1 aliphatic rings. The van der Waals surface area contributed by atoms with Gasteiger partial charge in [0, 0.05) is 32.4 Å². The highest BCUT2D eigenvalue weighted by molar-refractivity contribution is 7.89. The molecule has 1 aliphatic heterocycles. The van der Waals surface area contributed by atoms with Crippen molar-refractivity contribution in [1.29, 1.82) is 0 Å². The van der Waals surface area contributed by atoms with Crippen molar-refractivity contribution >= 4 is 26.5 Å². The molecular formula is C21H25N5O2S2. The Kier molecular flexibility index (Phi) is 5.61. The Hall–Kier alpha value is -2.36. The molecule has 0 atom stereocenters. The van der Waals surface area contributed by atoms with E-state index in [0.29, 0.717) is 31.1 Å². The Morgan fingerprint density at radius 1 is 0.933 bits per heavy atom. The maximum atomic E-state index is 13.4. The summed E-state index contributed by atoms with van der Waals surface area (Å²) in [6.07, 6.45) is 1.73. The zero-order valence-corrected chi connectivity index (χ0v) is 19.2. The number of hydrogen-bond acceptors (Lipinski definition) is 7. The van der Waals surface area contributed by atoms with Gasteiger partial charge in [-0.3, -0.25) is 4.98 Å². The van der Waals surface area contributed by atoms with Crippen LogP contribution in [0.5, 0.6) is 0 Å². The smallest absolute Gasteiger partial charge is 0.243 e. The average molecular weight is 444 g/mol. The van der Waals surface area contributed by atoms with E-state index in [1.807, 2.05) is 45.9 Å². The van der Waals surface area contributed by atoms with Crippen LogP contribution in [0.3, 0.4) is 0 Å². The summed E-state index contributed by atoms with van der Waals surface area (Å²) in [4.78, 5) is 6.87. The lowest BCUT2D eigenvalue weighted by Crippen LogP contribution is -2.49. The largest absolute Gasteiger partial charge is 0.344 e. The number of hydrogen-bond donors (Lipinski definition) is 0. The third kappa shape index (κ3) is 3.73. The van der Waals surface area contributed by atoms with Gasteiger partial charge in [0.25, 0.3) is 0 Å². The number of sulfonamides is 1. The van der Waals surface area contributed by atoms with Crippen molar-refractivity contribution < 1.29 is 8.42 Å². The molecule has 0 amide bonds. The summed E-state index contributed by atoms with van der Waals surface area (Å²) in [6, 6.07) is 7.74. The number of aryl methyl sites for hydroxylation is 2. The molecule has 30 heavy (non-hydrogen) atoms. The van der Waals surface area contributed by atoms with Crippen LogP contribution in [0.1, 0.15) is 22.3 Å². The quantitative estimate of drug-likeness (QED) is 0.615. The highest BCUT2D eigenvalue weighted by Crippen LogP contribution is 2.31. The van der Waals surface area contributed by atoms with Crippen molar-refractivity contribution in [3.8, 4) is 10.7 Å². The molecule has 3 heterocycles. The SMILES string of the molecule is Cc1cc(C)c(C)c(S(=O)(=O)N2CCN(c3nnc(-c4ccccn4)s3)CC2)c1C. The first-order chi connectivity index (χ1) is 14.3. The van der Waals surface area contributed by atoms with Crippen molar-refractivity contribution in [2.24, 2.45) is 0 Å². The first kappa shape index (κ1) is 20.9. The number of benzene rings is 1. The molecule has 0 radical (unpaired) electrons. The Morgan fingerprint density at radius 3 is 2.20 bits per heavy atom. The number of piperazine rings is 1. The summed E-state index contributed by atoms with van der Waals surface area (Å²) in [5.74, 6) is 0. The van der Waals surface area contributed by atoms with Gasteiger partial charge < -0.3 is 4.90 Å². The molecule has 0 aliphatic carbocycles. The number of anilines is 1. The van der Waals surface area contributed by atoms with Gasteiger partial charge >= 0.3 is 0 Å². The van der Waals surface area contributed by atoms with Crippen LogP contribution in [-0.4, -0.2) is 54.1 Å². The van der Waals surface area contributed by atoms with E-state index in [1.54, 1.807) is 10.5 Å². The maximum Gasteiger partial charge on any atom is 0.243 e. The Bertz CT molecular complexity index is 1140.